The Hall–Kier alpha value is -2.18. The fourth-order valence-electron chi connectivity index (χ4n) is 2.71. The van der Waals surface area contributed by atoms with Gasteiger partial charge < -0.3 is 15.3 Å². The van der Waals surface area contributed by atoms with Crippen molar-refractivity contribution in [1.82, 2.24) is 15.3 Å². The maximum atomic E-state index is 12.2. The molecule has 0 bridgehead atoms. The third kappa shape index (κ3) is 3.52. The summed E-state index contributed by atoms with van der Waals surface area (Å²) in [6.07, 6.45) is 6.98. The number of carboxylic acids is 1. The molecule has 1 saturated heterocycles. The minimum atomic E-state index is -1.09. The van der Waals surface area contributed by atoms with Crippen molar-refractivity contribution in [2.45, 2.75) is 25.7 Å². The van der Waals surface area contributed by atoms with Crippen LogP contribution in [0.4, 0.5) is 5.82 Å². The molecule has 1 atom stereocenters. The van der Waals surface area contributed by atoms with E-state index in [9.17, 15) is 9.59 Å². The van der Waals surface area contributed by atoms with Gasteiger partial charge in [-0.05, 0) is 31.6 Å². The number of amides is 1. The fraction of sp³-hybridized carbons (Fsp3) is 0.600. The van der Waals surface area contributed by atoms with Gasteiger partial charge in [0.1, 0.15) is 5.82 Å². The average molecular weight is 304 g/mol. The summed E-state index contributed by atoms with van der Waals surface area (Å²) in [5, 5.41) is 11.9. The van der Waals surface area contributed by atoms with Crippen molar-refractivity contribution in [3.05, 3.63) is 18.1 Å². The van der Waals surface area contributed by atoms with Crippen molar-refractivity contribution in [2.24, 2.45) is 11.8 Å². The second-order valence-electron chi connectivity index (χ2n) is 6.04. The molecule has 0 aromatic carbocycles. The lowest BCUT2D eigenvalue weighted by atomic mass is 9.97. The first-order valence-electron chi connectivity index (χ1n) is 7.71. The number of carbonyl (C=O) groups is 2. The van der Waals surface area contributed by atoms with Gasteiger partial charge in [0.25, 0.3) is 0 Å². The zero-order valence-electron chi connectivity index (χ0n) is 12.4. The lowest BCUT2D eigenvalue weighted by Gasteiger charge is -2.32. The minimum absolute atomic E-state index is 0.0338. The van der Waals surface area contributed by atoms with Crippen LogP contribution in [0.25, 0.3) is 0 Å². The predicted octanol–water partition coefficient (Wildman–Crippen LogP) is 0.917. The lowest BCUT2D eigenvalue weighted by molar-refractivity contribution is -0.125. The Morgan fingerprint density at radius 3 is 2.73 bits per heavy atom. The quantitative estimate of drug-likeness (QED) is 0.840. The SMILES string of the molecule is O=C(O)c1cnc(N2CCCC(C(=O)NCC3CC3)C2)cn1. The molecule has 1 aliphatic carbocycles. The molecule has 1 aliphatic heterocycles. The number of nitrogens with zero attached hydrogens (tertiary/aromatic N) is 3. The second kappa shape index (κ2) is 6.29. The van der Waals surface area contributed by atoms with Gasteiger partial charge in [-0.15, -0.1) is 0 Å². The number of aromatic nitrogens is 2. The lowest BCUT2D eigenvalue weighted by Crippen LogP contribution is -2.43. The number of rotatable bonds is 5. The van der Waals surface area contributed by atoms with Gasteiger partial charge in [0.05, 0.1) is 18.3 Å². The van der Waals surface area contributed by atoms with E-state index in [0.29, 0.717) is 18.3 Å². The van der Waals surface area contributed by atoms with Crippen molar-refractivity contribution in [2.75, 3.05) is 24.5 Å². The highest BCUT2D eigenvalue weighted by molar-refractivity contribution is 5.85. The number of anilines is 1. The summed E-state index contributed by atoms with van der Waals surface area (Å²) in [4.78, 5) is 33.0. The van der Waals surface area contributed by atoms with E-state index in [1.807, 2.05) is 4.90 Å². The van der Waals surface area contributed by atoms with Crippen LogP contribution >= 0.6 is 0 Å². The Balaban J connectivity index is 1.59. The van der Waals surface area contributed by atoms with Crippen LogP contribution in [-0.2, 0) is 4.79 Å². The van der Waals surface area contributed by atoms with Gasteiger partial charge in [-0.25, -0.2) is 14.8 Å². The molecule has 2 fully saturated rings. The Morgan fingerprint density at radius 1 is 1.27 bits per heavy atom. The molecular weight excluding hydrogens is 284 g/mol. The highest BCUT2D eigenvalue weighted by Gasteiger charge is 2.28. The van der Waals surface area contributed by atoms with Crippen LogP contribution in [0, 0.1) is 11.8 Å². The van der Waals surface area contributed by atoms with Crippen LogP contribution in [0.1, 0.15) is 36.2 Å². The van der Waals surface area contributed by atoms with E-state index in [4.69, 9.17) is 5.11 Å². The maximum absolute atomic E-state index is 12.2. The van der Waals surface area contributed by atoms with E-state index in [2.05, 4.69) is 15.3 Å². The van der Waals surface area contributed by atoms with Crippen molar-refractivity contribution in [3.63, 3.8) is 0 Å². The number of aromatic carboxylic acids is 1. The molecule has 1 aromatic heterocycles. The summed E-state index contributed by atoms with van der Waals surface area (Å²) in [6, 6.07) is 0. The first-order valence-corrected chi connectivity index (χ1v) is 7.71. The normalized spacial score (nSPS) is 21.5. The molecule has 118 valence electrons. The van der Waals surface area contributed by atoms with Crippen molar-refractivity contribution in [3.8, 4) is 0 Å². The van der Waals surface area contributed by atoms with Gasteiger partial charge in [-0.1, -0.05) is 0 Å². The second-order valence-corrected chi connectivity index (χ2v) is 6.04. The molecule has 0 radical (unpaired) electrons. The average Bonchev–Trinajstić information content (AvgIpc) is 3.37. The number of carbonyl (C=O) groups excluding carboxylic acids is 1. The fourth-order valence-corrected chi connectivity index (χ4v) is 2.71. The first-order chi connectivity index (χ1) is 10.6. The monoisotopic (exact) mass is 304 g/mol. The highest BCUT2D eigenvalue weighted by atomic mass is 16.4. The van der Waals surface area contributed by atoms with Crippen molar-refractivity contribution < 1.29 is 14.7 Å². The number of hydrogen-bond acceptors (Lipinski definition) is 5. The van der Waals surface area contributed by atoms with E-state index in [1.165, 1.54) is 25.2 Å². The molecule has 1 unspecified atom stereocenters. The molecule has 2 heterocycles. The van der Waals surface area contributed by atoms with E-state index in [-0.39, 0.29) is 17.5 Å². The van der Waals surface area contributed by atoms with E-state index < -0.39 is 5.97 Å². The van der Waals surface area contributed by atoms with Gasteiger partial charge in [-0.2, -0.15) is 0 Å². The molecule has 7 nitrogen and oxygen atoms in total. The first kappa shape index (κ1) is 14.7. The Kier molecular flexibility index (Phi) is 4.22. The summed E-state index contributed by atoms with van der Waals surface area (Å²) < 4.78 is 0. The van der Waals surface area contributed by atoms with Crippen LogP contribution in [-0.4, -0.2) is 46.6 Å². The molecule has 22 heavy (non-hydrogen) atoms. The number of carboxylic acid groups (broad SMARTS) is 1. The van der Waals surface area contributed by atoms with Gasteiger partial charge in [0.15, 0.2) is 5.69 Å². The van der Waals surface area contributed by atoms with Crippen LogP contribution in [0.5, 0.6) is 0 Å². The van der Waals surface area contributed by atoms with Crippen LogP contribution in [0.15, 0.2) is 12.4 Å². The van der Waals surface area contributed by atoms with Crippen molar-refractivity contribution in [1.29, 1.82) is 0 Å². The van der Waals surface area contributed by atoms with Crippen LogP contribution in [0.2, 0.25) is 0 Å². The number of piperidine rings is 1. The maximum Gasteiger partial charge on any atom is 0.356 e. The topological polar surface area (TPSA) is 95.4 Å². The molecule has 7 heteroatoms. The summed E-state index contributed by atoms with van der Waals surface area (Å²) in [6.45, 7) is 2.22. The third-order valence-corrected chi connectivity index (χ3v) is 4.24. The summed E-state index contributed by atoms with van der Waals surface area (Å²) in [7, 11) is 0. The molecule has 2 N–H and O–H groups in total. The summed E-state index contributed by atoms with van der Waals surface area (Å²) in [5.74, 6) is 0.304. The van der Waals surface area contributed by atoms with Crippen molar-refractivity contribution >= 4 is 17.7 Å². The van der Waals surface area contributed by atoms with Gasteiger partial charge in [0, 0.05) is 19.6 Å². The number of nitrogens with one attached hydrogen (secondary N) is 1. The smallest absolute Gasteiger partial charge is 0.356 e. The Morgan fingerprint density at radius 2 is 2.09 bits per heavy atom. The third-order valence-electron chi connectivity index (χ3n) is 4.24. The zero-order valence-corrected chi connectivity index (χ0v) is 12.4. The summed E-state index contributed by atoms with van der Waals surface area (Å²) in [5.41, 5.74) is -0.0699. The molecular formula is C15H20N4O3. The standard InChI is InChI=1S/C15H20N4O3/c20-14(18-6-10-3-4-10)11-2-1-5-19(9-11)13-8-16-12(7-17-13)15(21)22/h7-8,10-11H,1-6,9H2,(H,18,20)(H,21,22). The van der Waals surface area contributed by atoms with Gasteiger partial charge in [-0.3, -0.25) is 4.79 Å². The molecule has 3 rings (SSSR count). The van der Waals surface area contributed by atoms with E-state index >= 15 is 0 Å². The van der Waals surface area contributed by atoms with E-state index in [0.717, 1.165) is 25.9 Å². The predicted molar refractivity (Wildman–Crippen MR) is 79.7 cm³/mol. The van der Waals surface area contributed by atoms with Crippen LogP contribution in [0.3, 0.4) is 0 Å². The summed E-state index contributed by atoms with van der Waals surface area (Å²) >= 11 is 0. The molecule has 1 saturated carbocycles. The van der Waals surface area contributed by atoms with Gasteiger partial charge in [0.2, 0.25) is 5.91 Å². The highest BCUT2D eigenvalue weighted by Crippen LogP contribution is 2.28. The number of hydrogen-bond donors (Lipinski definition) is 2. The molecule has 0 spiro atoms. The molecule has 1 aromatic rings. The molecule has 2 aliphatic rings. The van der Waals surface area contributed by atoms with Gasteiger partial charge >= 0.3 is 5.97 Å². The van der Waals surface area contributed by atoms with Crippen LogP contribution < -0.4 is 10.2 Å². The largest absolute Gasteiger partial charge is 0.476 e. The Labute approximate surface area is 128 Å². The molecule has 1 amide bonds. The minimum Gasteiger partial charge on any atom is -0.476 e. The zero-order chi connectivity index (χ0) is 15.5. The Bertz CT molecular complexity index is 556. The van der Waals surface area contributed by atoms with E-state index in [1.54, 1.807) is 0 Å².